The van der Waals surface area contributed by atoms with Gasteiger partial charge in [-0.05, 0) is 63.0 Å². The second kappa shape index (κ2) is 15.1. The molecule has 6 heterocycles. The molecule has 2 atom stereocenters. The van der Waals surface area contributed by atoms with Gasteiger partial charge in [-0.2, -0.15) is 9.97 Å². The Balaban J connectivity index is 0.000000163. The normalized spacial score (nSPS) is 20.3. The summed E-state index contributed by atoms with van der Waals surface area (Å²) in [6, 6.07) is 0.548. The lowest BCUT2D eigenvalue weighted by atomic mass is 9.88. The molecule has 0 spiro atoms. The van der Waals surface area contributed by atoms with Crippen molar-refractivity contribution in [3.05, 3.63) is 55.1 Å². The largest absolute Gasteiger partial charge is 0.351 e. The number of aromatic nitrogens is 8. The third-order valence-electron chi connectivity index (χ3n) is 9.42. The molecule has 2 amide bonds. The summed E-state index contributed by atoms with van der Waals surface area (Å²) >= 11 is 5.93. The van der Waals surface area contributed by atoms with Crippen LogP contribution in [0.4, 0.5) is 23.0 Å². The summed E-state index contributed by atoms with van der Waals surface area (Å²) in [4.78, 5) is 60.9. The van der Waals surface area contributed by atoms with Crippen molar-refractivity contribution in [2.45, 2.75) is 96.8 Å². The zero-order valence-electron chi connectivity index (χ0n) is 27.2. The first-order chi connectivity index (χ1) is 22.8. The Labute approximate surface area is 286 Å². The smallest absolute Gasteiger partial charge is 0.249 e. The molecule has 2 fully saturated rings. The SMILES string of the molecule is C.CC[C@@H]1C(=O)N(C)c2cnc(-n3ccnc3)nc2N1C1CCC1.CC[C@@H]1C(=O)N(C)c2cnc(Cl)nc2N1C1CCC1.c1c[nH]cn1. The van der Waals surface area contributed by atoms with E-state index in [1.807, 2.05) is 20.2 Å². The lowest BCUT2D eigenvalue weighted by Crippen LogP contribution is -2.57. The molecular weight excluding hydrogens is 632 g/mol. The van der Waals surface area contributed by atoms with Gasteiger partial charge in [0.25, 0.3) is 0 Å². The predicted octanol–water partition coefficient (Wildman–Crippen LogP) is 5.07. The van der Waals surface area contributed by atoms with Crippen LogP contribution in [0.1, 0.15) is 72.6 Å². The zero-order chi connectivity index (χ0) is 33.1. The molecule has 2 saturated carbocycles. The van der Waals surface area contributed by atoms with Crippen LogP contribution in [-0.2, 0) is 9.59 Å². The molecule has 0 unspecified atom stereocenters. The van der Waals surface area contributed by atoms with Crippen LogP contribution < -0.4 is 19.6 Å². The van der Waals surface area contributed by atoms with Gasteiger partial charge in [0.05, 0.1) is 18.7 Å². The molecule has 1 N–H and O–H groups in total. The van der Waals surface area contributed by atoms with Crippen LogP contribution in [0, 0.1) is 0 Å². The number of nitrogens with zero attached hydrogens (tertiary/aromatic N) is 11. The number of hydrogen-bond acceptors (Lipinski definition) is 10. The predicted molar refractivity (Wildman–Crippen MR) is 187 cm³/mol. The van der Waals surface area contributed by atoms with Gasteiger partial charge in [0.15, 0.2) is 11.6 Å². The second-order valence-electron chi connectivity index (χ2n) is 12.1. The standard InChI is InChI=1S/C16H20N6O.C13H17ClN4O.C3H4N2.CH4/c1-3-12-15(23)20(2)13-9-18-16(21-8-7-17-10-21)19-14(13)22(12)11-5-4-6-11;1-3-9-12(19)17(2)10-7-15-13(14)16-11(10)18(9)8-5-4-6-8;1-2-5-3-4-1;/h7-12H,3-6H2,1-2H3;7-9H,3-6H2,1-2H3;1-3H,(H,4,5);1H4/t12-;9-;;/m11../s1. The molecule has 0 radical (unpaired) electrons. The third kappa shape index (κ3) is 6.58. The van der Waals surface area contributed by atoms with E-state index in [-0.39, 0.29) is 36.6 Å². The molecule has 256 valence electrons. The van der Waals surface area contributed by atoms with Crippen molar-refractivity contribution >= 4 is 46.4 Å². The van der Waals surface area contributed by atoms with Crippen molar-refractivity contribution in [2.24, 2.45) is 0 Å². The Morgan fingerprint density at radius 1 is 0.812 bits per heavy atom. The van der Waals surface area contributed by atoms with Crippen molar-refractivity contribution < 1.29 is 9.59 Å². The molecule has 2 aliphatic carbocycles. The van der Waals surface area contributed by atoms with Gasteiger partial charge in [-0.3, -0.25) is 14.2 Å². The molecule has 2 aliphatic heterocycles. The van der Waals surface area contributed by atoms with Crippen molar-refractivity contribution in [3.8, 4) is 5.95 Å². The topological polar surface area (TPSA) is 145 Å². The molecule has 8 rings (SSSR count). The highest BCUT2D eigenvalue weighted by atomic mass is 35.5. The number of amides is 2. The lowest BCUT2D eigenvalue weighted by Gasteiger charge is -2.47. The van der Waals surface area contributed by atoms with E-state index in [1.54, 1.807) is 65.1 Å². The van der Waals surface area contributed by atoms with Crippen LogP contribution in [0.15, 0.2) is 49.8 Å². The van der Waals surface area contributed by atoms with Crippen molar-refractivity contribution in [2.75, 3.05) is 33.7 Å². The Morgan fingerprint density at radius 2 is 1.38 bits per heavy atom. The number of aromatic amines is 1. The maximum Gasteiger partial charge on any atom is 0.249 e. The molecule has 0 bridgehead atoms. The van der Waals surface area contributed by atoms with Crippen molar-refractivity contribution in [1.82, 2.24) is 39.5 Å². The molecule has 0 aromatic carbocycles. The second-order valence-corrected chi connectivity index (χ2v) is 12.4. The molecule has 4 aromatic rings. The minimum absolute atomic E-state index is 0. The van der Waals surface area contributed by atoms with Crippen LogP contribution in [0.2, 0.25) is 5.28 Å². The summed E-state index contributed by atoms with van der Waals surface area (Å²) in [5, 5.41) is 0.237. The first kappa shape index (κ1) is 34.7. The fourth-order valence-electron chi connectivity index (χ4n) is 6.42. The number of likely N-dealkylation sites (N-methyl/N-ethyl adjacent to an activating group) is 2. The van der Waals surface area contributed by atoms with E-state index < -0.39 is 0 Å². The fraction of sp³-hybridized carbons (Fsp3) is 0.515. The number of halogens is 1. The molecule has 15 heteroatoms. The number of imidazole rings is 2. The number of carbonyl (C=O) groups excluding carboxylic acids is 2. The van der Waals surface area contributed by atoms with Gasteiger partial charge < -0.3 is 24.6 Å². The maximum absolute atomic E-state index is 12.7. The molecule has 0 saturated heterocycles. The fourth-order valence-corrected chi connectivity index (χ4v) is 6.55. The van der Waals surface area contributed by atoms with E-state index in [0.717, 1.165) is 61.5 Å². The number of anilines is 4. The summed E-state index contributed by atoms with van der Waals surface area (Å²) < 4.78 is 1.79. The third-order valence-corrected chi connectivity index (χ3v) is 9.61. The first-order valence-corrected chi connectivity index (χ1v) is 16.6. The van der Waals surface area contributed by atoms with Gasteiger partial charge in [-0.15, -0.1) is 0 Å². The van der Waals surface area contributed by atoms with Crippen LogP contribution in [0.25, 0.3) is 5.95 Å². The Hall–Kier alpha value is -4.59. The highest BCUT2D eigenvalue weighted by molar-refractivity contribution is 6.28. The summed E-state index contributed by atoms with van der Waals surface area (Å²) in [6.45, 7) is 4.10. The maximum atomic E-state index is 12.7. The van der Waals surface area contributed by atoms with Crippen LogP contribution >= 0.6 is 11.6 Å². The summed E-state index contributed by atoms with van der Waals surface area (Å²) in [5.41, 5.74) is 1.54. The number of carbonyl (C=O) groups is 2. The van der Waals surface area contributed by atoms with Gasteiger partial charge in [-0.25, -0.2) is 19.9 Å². The van der Waals surface area contributed by atoms with Crippen molar-refractivity contribution in [3.63, 3.8) is 0 Å². The molecule has 14 nitrogen and oxygen atoms in total. The molecule has 48 heavy (non-hydrogen) atoms. The monoisotopic (exact) mass is 676 g/mol. The van der Waals surface area contributed by atoms with Gasteiger partial charge in [-0.1, -0.05) is 21.3 Å². The summed E-state index contributed by atoms with van der Waals surface area (Å²) in [6.07, 6.45) is 22.2. The molecule has 4 aromatic heterocycles. The average molecular weight is 677 g/mol. The average Bonchev–Trinajstić information content (AvgIpc) is 3.79. The van der Waals surface area contributed by atoms with E-state index in [2.05, 4.69) is 46.6 Å². The Morgan fingerprint density at radius 3 is 1.79 bits per heavy atom. The van der Waals surface area contributed by atoms with E-state index in [1.165, 1.54) is 12.8 Å². The number of nitrogens with one attached hydrogen (secondary N) is 1. The van der Waals surface area contributed by atoms with Crippen molar-refractivity contribution in [1.29, 1.82) is 0 Å². The Kier molecular flexibility index (Phi) is 10.9. The molecular formula is C33H45ClN12O2. The van der Waals surface area contributed by atoms with Crippen LogP contribution in [-0.4, -0.2) is 89.5 Å². The lowest BCUT2D eigenvalue weighted by molar-refractivity contribution is -0.121. The minimum atomic E-state index is -0.136. The van der Waals surface area contributed by atoms with E-state index in [9.17, 15) is 9.59 Å². The Bertz CT molecular complexity index is 1640. The van der Waals surface area contributed by atoms with Gasteiger partial charge in [0.1, 0.15) is 29.8 Å². The van der Waals surface area contributed by atoms with Gasteiger partial charge in [0.2, 0.25) is 23.0 Å². The zero-order valence-corrected chi connectivity index (χ0v) is 28.0. The van der Waals surface area contributed by atoms with Gasteiger partial charge >= 0.3 is 0 Å². The molecule has 4 aliphatic rings. The summed E-state index contributed by atoms with van der Waals surface area (Å²) in [7, 11) is 3.58. The highest BCUT2D eigenvalue weighted by Gasteiger charge is 2.43. The van der Waals surface area contributed by atoms with E-state index in [4.69, 9.17) is 16.6 Å². The van der Waals surface area contributed by atoms with Gasteiger partial charge in [0, 0.05) is 51.0 Å². The quantitative estimate of drug-likeness (QED) is 0.285. The summed E-state index contributed by atoms with van der Waals surface area (Å²) in [5.74, 6) is 2.50. The van der Waals surface area contributed by atoms with Crippen LogP contribution in [0.3, 0.4) is 0 Å². The highest BCUT2D eigenvalue weighted by Crippen LogP contribution is 2.41. The number of hydrogen-bond donors (Lipinski definition) is 1. The van der Waals surface area contributed by atoms with E-state index >= 15 is 0 Å². The van der Waals surface area contributed by atoms with Crippen LogP contribution in [0.5, 0.6) is 0 Å². The number of H-pyrrole nitrogens is 1. The first-order valence-electron chi connectivity index (χ1n) is 16.3. The number of rotatable bonds is 5. The van der Waals surface area contributed by atoms with E-state index in [0.29, 0.717) is 18.0 Å². The number of fused-ring (bicyclic) bond motifs is 2. The minimum Gasteiger partial charge on any atom is -0.351 e.